The molecule has 160 valence electrons. The molecule has 1 fully saturated rings. The fourth-order valence-electron chi connectivity index (χ4n) is 4.23. The van der Waals surface area contributed by atoms with E-state index >= 15 is 0 Å². The fourth-order valence-corrected chi connectivity index (χ4v) is 4.23. The van der Waals surface area contributed by atoms with Crippen molar-refractivity contribution < 1.29 is 14.0 Å². The molecule has 4 rings (SSSR count). The summed E-state index contributed by atoms with van der Waals surface area (Å²) in [7, 11) is 0. The van der Waals surface area contributed by atoms with Gasteiger partial charge in [0.1, 0.15) is 6.04 Å². The van der Waals surface area contributed by atoms with Crippen LogP contribution in [0, 0.1) is 6.92 Å². The first kappa shape index (κ1) is 20.8. The Balaban J connectivity index is 1.60. The van der Waals surface area contributed by atoms with Crippen LogP contribution in [-0.4, -0.2) is 34.3 Å². The van der Waals surface area contributed by atoms with E-state index in [9.17, 15) is 9.59 Å². The number of pyridine rings is 1. The Labute approximate surface area is 182 Å². The molecule has 3 aromatic rings. The van der Waals surface area contributed by atoms with Crippen LogP contribution in [0.1, 0.15) is 52.5 Å². The molecule has 6 heteroatoms. The average molecular weight is 418 g/mol. The van der Waals surface area contributed by atoms with E-state index in [0.29, 0.717) is 13.0 Å². The largest absolute Gasteiger partial charge is 0.459 e. The Kier molecular flexibility index (Phi) is 6.46. The number of hydrogen-bond acceptors (Lipinski definition) is 4. The first-order chi connectivity index (χ1) is 15.1. The third-order valence-corrected chi connectivity index (χ3v) is 5.73. The van der Waals surface area contributed by atoms with Crippen molar-refractivity contribution in [3.8, 4) is 0 Å². The highest BCUT2D eigenvalue weighted by Gasteiger charge is 2.34. The Hall–Kier alpha value is -3.41. The van der Waals surface area contributed by atoms with Gasteiger partial charge in [-0.05, 0) is 55.5 Å². The van der Waals surface area contributed by atoms with Gasteiger partial charge in [0.15, 0.2) is 5.76 Å². The van der Waals surface area contributed by atoms with Crippen molar-refractivity contribution in [2.24, 2.45) is 0 Å². The van der Waals surface area contributed by atoms with Crippen LogP contribution in [0.25, 0.3) is 0 Å². The lowest BCUT2D eigenvalue weighted by molar-refractivity contribution is -0.137. The van der Waals surface area contributed by atoms with Crippen molar-refractivity contribution in [3.05, 3.63) is 89.6 Å². The summed E-state index contributed by atoms with van der Waals surface area (Å²) in [6.07, 6.45) is 8.34. The fraction of sp³-hybridized carbons (Fsp3) is 0.320. The van der Waals surface area contributed by atoms with Crippen molar-refractivity contribution in [1.82, 2.24) is 15.2 Å². The number of furan rings is 1. The third-order valence-electron chi connectivity index (χ3n) is 5.73. The zero-order chi connectivity index (χ0) is 21.6. The number of rotatable bonds is 6. The van der Waals surface area contributed by atoms with Crippen LogP contribution in [0.3, 0.4) is 0 Å². The average Bonchev–Trinajstić information content (AvgIpc) is 3.34. The summed E-state index contributed by atoms with van der Waals surface area (Å²) < 4.78 is 5.24. The van der Waals surface area contributed by atoms with Gasteiger partial charge in [-0.3, -0.25) is 14.6 Å². The summed E-state index contributed by atoms with van der Waals surface area (Å²) in [5.74, 6) is -0.259. The second kappa shape index (κ2) is 9.60. The lowest BCUT2D eigenvalue weighted by Gasteiger charge is -2.38. The number of amides is 2. The number of hydrogen-bond donors (Lipinski definition) is 1. The summed E-state index contributed by atoms with van der Waals surface area (Å²) >= 11 is 0. The highest BCUT2D eigenvalue weighted by molar-refractivity contribution is 5.95. The number of aromatic nitrogens is 1. The maximum Gasteiger partial charge on any atom is 0.287 e. The Morgan fingerprint density at radius 1 is 1.19 bits per heavy atom. The first-order valence-electron chi connectivity index (χ1n) is 10.7. The van der Waals surface area contributed by atoms with E-state index in [2.05, 4.69) is 10.3 Å². The number of nitrogens with zero attached hydrogens (tertiary/aromatic N) is 2. The molecule has 0 aliphatic carbocycles. The molecule has 0 spiro atoms. The van der Waals surface area contributed by atoms with Gasteiger partial charge in [-0.15, -0.1) is 0 Å². The maximum absolute atomic E-state index is 13.7. The highest BCUT2D eigenvalue weighted by Crippen LogP contribution is 2.31. The van der Waals surface area contributed by atoms with E-state index in [-0.39, 0.29) is 23.6 Å². The van der Waals surface area contributed by atoms with E-state index in [0.717, 1.165) is 36.0 Å². The van der Waals surface area contributed by atoms with Gasteiger partial charge in [0, 0.05) is 25.4 Å². The molecular weight excluding hydrogens is 390 g/mol. The minimum atomic E-state index is -0.684. The molecule has 3 heterocycles. The van der Waals surface area contributed by atoms with E-state index in [1.165, 1.54) is 6.26 Å². The summed E-state index contributed by atoms with van der Waals surface area (Å²) in [5.41, 5.74) is 3.16. The number of carbonyl (C=O) groups excluding carboxylic acids is 2. The van der Waals surface area contributed by atoms with Crippen LogP contribution in [0.2, 0.25) is 0 Å². The molecule has 0 bridgehead atoms. The molecule has 6 nitrogen and oxygen atoms in total. The van der Waals surface area contributed by atoms with Crippen LogP contribution >= 0.6 is 0 Å². The number of aryl methyl sites for hydroxylation is 1. The van der Waals surface area contributed by atoms with Gasteiger partial charge in [-0.2, -0.15) is 0 Å². The number of piperidine rings is 1. The SMILES string of the molecule is Cc1cccc(C[C@H](NC(=O)c2ccco2)C(=O)N2CCCC[C@@H]2c2cccnc2)c1. The van der Waals surface area contributed by atoms with Gasteiger partial charge < -0.3 is 14.6 Å². The van der Waals surface area contributed by atoms with Gasteiger partial charge >= 0.3 is 0 Å². The standard InChI is InChI=1S/C25H27N3O3/c1-18-7-4-8-19(15-18)16-21(27-24(29)23-11-6-14-31-23)25(30)28-13-3-2-10-22(28)20-9-5-12-26-17-20/h4-9,11-12,14-15,17,21-22H,2-3,10,13,16H2,1H3,(H,27,29)/t21-,22+/m0/s1. The minimum absolute atomic E-state index is 0.0320. The maximum atomic E-state index is 13.7. The van der Waals surface area contributed by atoms with Gasteiger partial charge in [0.25, 0.3) is 5.91 Å². The molecule has 2 atom stereocenters. The summed E-state index contributed by atoms with van der Waals surface area (Å²) in [4.78, 5) is 32.6. The zero-order valence-electron chi connectivity index (χ0n) is 17.7. The monoisotopic (exact) mass is 417 g/mol. The molecule has 1 aliphatic heterocycles. The van der Waals surface area contributed by atoms with Gasteiger partial charge in [0.2, 0.25) is 5.91 Å². The van der Waals surface area contributed by atoms with Gasteiger partial charge in [0.05, 0.1) is 12.3 Å². The van der Waals surface area contributed by atoms with E-state index in [4.69, 9.17) is 4.42 Å². The molecule has 1 aromatic carbocycles. The second-order valence-electron chi connectivity index (χ2n) is 8.03. The van der Waals surface area contributed by atoms with Crippen LogP contribution in [-0.2, 0) is 11.2 Å². The molecule has 0 unspecified atom stereocenters. The topological polar surface area (TPSA) is 75.4 Å². The molecule has 0 saturated carbocycles. The normalized spacial score (nSPS) is 17.2. The molecule has 2 amide bonds. The molecule has 1 aliphatic rings. The molecule has 31 heavy (non-hydrogen) atoms. The van der Waals surface area contributed by atoms with Gasteiger partial charge in [-0.1, -0.05) is 35.9 Å². The predicted octanol–water partition coefficient (Wildman–Crippen LogP) is 4.08. The number of benzene rings is 1. The van der Waals surface area contributed by atoms with Crippen LogP contribution in [0.5, 0.6) is 0 Å². The molecular formula is C25H27N3O3. The molecule has 1 N–H and O–H groups in total. The Bertz CT molecular complexity index is 1020. The van der Waals surface area contributed by atoms with Crippen LogP contribution < -0.4 is 5.32 Å². The highest BCUT2D eigenvalue weighted by atomic mass is 16.3. The lowest BCUT2D eigenvalue weighted by atomic mass is 9.94. The van der Waals surface area contributed by atoms with E-state index < -0.39 is 6.04 Å². The van der Waals surface area contributed by atoms with Crippen LogP contribution in [0.15, 0.2) is 71.6 Å². The molecule has 2 aromatic heterocycles. The first-order valence-corrected chi connectivity index (χ1v) is 10.7. The van der Waals surface area contributed by atoms with Crippen molar-refractivity contribution in [3.63, 3.8) is 0 Å². The smallest absolute Gasteiger partial charge is 0.287 e. The minimum Gasteiger partial charge on any atom is -0.459 e. The number of likely N-dealkylation sites (tertiary alicyclic amines) is 1. The van der Waals surface area contributed by atoms with Crippen molar-refractivity contribution in [2.45, 2.75) is 44.7 Å². The number of nitrogens with one attached hydrogen (secondary N) is 1. The van der Waals surface area contributed by atoms with Crippen molar-refractivity contribution in [1.29, 1.82) is 0 Å². The lowest BCUT2D eigenvalue weighted by Crippen LogP contribution is -2.51. The Morgan fingerprint density at radius 3 is 2.84 bits per heavy atom. The predicted molar refractivity (Wildman–Crippen MR) is 117 cm³/mol. The quantitative estimate of drug-likeness (QED) is 0.656. The van der Waals surface area contributed by atoms with Crippen molar-refractivity contribution >= 4 is 11.8 Å². The van der Waals surface area contributed by atoms with Crippen LogP contribution in [0.4, 0.5) is 0 Å². The molecule has 0 radical (unpaired) electrons. The summed E-state index contributed by atoms with van der Waals surface area (Å²) in [6.45, 7) is 2.68. The Morgan fingerprint density at radius 2 is 2.10 bits per heavy atom. The summed E-state index contributed by atoms with van der Waals surface area (Å²) in [5, 5.41) is 2.92. The van der Waals surface area contributed by atoms with Gasteiger partial charge in [-0.25, -0.2) is 0 Å². The third kappa shape index (κ3) is 5.02. The molecule has 1 saturated heterocycles. The van der Waals surface area contributed by atoms with E-state index in [1.807, 2.05) is 54.4 Å². The van der Waals surface area contributed by atoms with Crippen molar-refractivity contribution in [2.75, 3.05) is 6.54 Å². The second-order valence-corrected chi connectivity index (χ2v) is 8.03. The number of carbonyl (C=O) groups is 2. The van der Waals surface area contributed by atoms with E-state index in [1.54, 1.807) is 18.3 Å². The zero-order valence-corrected chi connectivity index (χ0v) is 17.7. The summed E-state index contributed by atoms with van der Waals surface area (Å²) in [6, 6.07) is 14.5.